The van der Waals surface area contributed by atoms with Crippen molar-refractivity contribution in [2.75, 3.05) is 19.6 Å². The van der Waals surface area contributed by atoms with E-state index in [1.54, 1.807) is 23.1 Å². The SMILES string of the molecule is O=C(c1ccccc1)C1CCN(C(=O)CCNS(=O)(=O)c2ccc3ccccc3c2)CC1. The number of ketones is 1. The van der Waals surface area contributed by atoms with Gasteiger partial charge in [-0.15, -0.1) is 0 Å². The maximum absolute atomic E-state index is 12.6. The number of hydrogen-bond donors (Lipinski definition) is 1. The van der Waals surface area contributed by atoms with E-state index in [1.165, 1.54) is 0 Å². The summed E-state index contributed by atoms with van der Waals surface area (Å²) in [5.41, 5.74) is 0.709. The van der Waals surface area contributed by atoms with Crippen molar-refractivity contribution < 1.29 is 18.0 Å². The van der Waals surface area contributed by atoms with Gasteiger partial charge < -0.3 is 4.90 Å². The molecule has 0 bridgehead atoms. The minimum atomic E-state index is -3.69. The molecular weight excluding hydrogens is 424 g/mol. The Morgan fingerprint density at radius 1 is 0.875 bits per heavy atom. The van der Waals surface area contributed by atoms with Crippen LogP contribution in [0.3, 0.4) is 0 Å². The highest BCUT2D eigenvalue weighted by molar-refractivity contribution is 7.89. The highest BCUT2D eigenvalue weighted by atomic mass is 32.2. The summed E-state index contributed by atoms with van der Waals surface area (Å²) in [6.45, 7) is 1.07. The topological polar surface area (TPSA) is 83.6 Å². The van der Waals surface area contributed by atoms with Crippen molar-refractivity contribution in [1.82, 2.24) is 9.62 Å². The van der Waals surface area contributed by atoms with Crippen LogP contribution in [0.15, 0.2) is 77.7 Å². The summed E-state index contributed by atoms with van der Waals surface area (Å²) in [6.07, 6.45) is 1.34. The zero-order valence-corrected chi connectivity index (χ0v) is 18.6. The molecule has 7 heteroatoms. The van der Waals surface area contributed by atoms with Crippen LogP contribution in [0.25, 0.3) is 10.8 Å². The van der Waals surface area contributed by atoms with E-state index in [-0.39, 0.29) is 35.5 Å². The average Bonchev–Trinajstić information content (AvgIpc) is 2.83. The van der Waals surface area contributed by atoms with E-state index in [1.807, 2.05) is 54.6 Å². The molecule has 4 rings (SSSR count). The molecule has 1 amide bonds. The zero-order valence-electron chi connectivity index (χ0n) is 17.7. The molecule has 3 aromatic carbocycles. The number of rotatable bonds is 7. The van der Waals surface area contributed by atoms with Crippen LogP contribution >= 0.6 is 0 Å². The number of Topliss-reactive ketones (excluding diaryl/α,β-unsaturated/α-hetero) is 1. The van der Waals surface area contributed by atoms with Gasteiger partial charge in [-0.25, -0.2) is 13.1 Å². The first-order valence-electron chi connectivity index (χ1n) is 10.8. The summed E-state index contributed by atoms with van der Waals surface area (Å²) in [4.78, 5) is 27.0. The second kappa shape index (κ2) is 9.63. The molecule has 6 nitrogen and oxygen atoms in total. The molecule has 32 heavy (non-hydrogen) atoms. The third kappa shape index (κ3) is 5.06. The molecular formula is C25H26N2O4S. The van der Waals surface area contributed by atoms with Gasteiger partial charge in [-0.1, -0.05) is 60.7 Å². The van der Waals surface area contributed by atoms with Crippen LogP contribution in [-0.2, 0) is 14.8 Å². The molecule has 1 N–H and O–H groups in total. The van der Waals surface area contributed by atoms with Crippen molar-refractivity contribution in [3.8, 4) is 0 Å². The lowest BCUT2D eigenvalue weighted by molar-refractivity contribution is -0.132. The minimum Gasteiger partial charge on any atom is -0.343 e. The monoisotopic (exact) mass is 450 g/mol. The Labute approximate surface area is 188 Å². The summed E-state index contributed by atoms with van der Waals surface area (Å²) >= 11 is 0. The Morgan fingerprint density at radius 2 is 1.53 bits per heavy atom. The van der Waals surface area contributed by atoms with E-state index in [9.17, 15) is 18.0 Å². The number of fused-ring (bicyclic) bond motifs is 1. The fourth-order valence-corrected chi connectivity index (χ4v) is 5.16. The van der Waals surface area contributed by atoms with E-state index in [0.29, 0.717) is 31.5 Å². The molecule has 0 radical (unpaired) electrons. The molecule has 0 aliphatic carbocycles. The number of hydrogen-bond acceptors (Lipinski definition) is 4. The van der Waals surface area contributed by atoms with Gasteiger partial charge in [-0.3, -0.25) is 9.59 Å². The van der Waals surface area contributed by atoms with Gasteiger partial charge in [0.25, 0.3) is 0 Å². The molecule has 1 aliphatic rings. The van der Waals surface area contributed by atoms with Crippen LogP contribution < -0.4 is 4.72 Å². The van der Waals surface area contributed by atoms with Crippen molar-refractivity contribution in [3.63, 3.8) is 0 Å². The quantitative estimate of drug-likeness (QED) is 0.557. The van der Waals surface area contributed by atoms with Crippen molar-refractivity contribution >= 4 is 32.5 Å². The van der Waals surface area contributed by atoms with Gasteiger partial charge >= 0.3 is 0 Å². The lowest BCUT2D eigenvalue weighted by Gasteiger charge is -2.31. The summed E-state index contributed by atoms with van der Waals surface area (Å²) in [5.74, 6) is -0.0504. The molecule has 1 saturated heterocycles. The predicted octanol–water partition coefficient (Wildman–Crippen LogP) is 3.63. The highest BCUT2D eigenvalue weighted by Gasteiger charge is 2.28. The zero-order chi connectivity index (χ0) is 22.6. The Balaban J connectivity index is 1.27. The fraction of sp³-hybridized carbons (Fsp3) is 0.280. The Hall–Kier alpha value is -3.03. The number of carbonyl (C=O) groups excluding carboxylic acids is 2. The normalized spacial score (nSPS) is 15.1. The largest absolute Gasteiger partial charge is 0.343 e. The second-order valence-corrected chi connectivity index (χ2v) is 9.81. The van der Waals surface area contributed by atoms with Gasteiger partial charge in [0.2, 0.25) is 15.9 Å². The fourth-order valence-electron chi connectivity index (χ4n) is 4.10. The summed E-state index contributed by atoms with van der Waals surface area (Å²) in [7, 11) is -3.69. The van der Waals surface area contributed by atoms with Crippen LogP contribution in [0, 0.1) is 5.92 Å². The third-order valence-corrected chi connectivity index (χ3v) is 7.40. The van der Waals surface area contributed by atoms with Gasteiger partial charge in [0.1, 0.15) is 0 Å². The van der Waals surface area contributed by atoms with E-state index in [0.717, 1.165) is 10.8 Å². The molecule has 0 saturated carbocycles. The number of piperidine rings is 1. The number of benzene rings is 3. The molecule has 3 aromatic rings. The van der Waals surface area contributed by atoms with Gasteiger partial charge in [0.15, 0.2) is 5.78 Å². The number of likely N-dealkylation sites (tertiary alicyclic amines) is 1. The van der Waals surface area contributed by atoms with Crippen molar-refractivity contribution in [1.29, 1.82) is 0 Å². The first kappa shape index (κ1) is 22.2. The van der Waals surface area contributed by atoms with Gasteiger partial charge in [0, 0.05) is 37.5 Å². The lowest BCUT2D eigenvalue weighted by atomic mass is 9.89. The van der Waals surface area contributed by atoms with E-state index in [4.69, 9.17) is 0 Å². The number of nitrogens with one attached hydrogen (secondary N) is 1. The van der Waals surface area contributed by atoms with Crippen LogP contribution in [0.5, 0.6) is 0 Å². The van der Waals surface area contributed by atoms with Crippen molar-refractivity contribution in [2.24, 2.45) is 5.92 Å². The summed E-state index contributed by atoms with van der Waals surface area (Å²) in [5, 5.41) is 1.81. The van der Waals surface area contributed by atoms with Crippen LogP contribution in [0.4, 0.5) is 0 Å². The molecule has 1 fully saturated rings. The van der Waals surface area contributed by atoms with Gasteiger partial charge in [-0.2, -0.15) is 0 Å². The van der Waals surface area contributed by atoms with Gasteiger partial charge in [0.05, 0.1) is 4.90 Å². The maximum atomic E-state index is 12.6. The maximum Gasteiger partial charge on any atom is 0.240 e. The number of sulfonamides is 1. The minimum absolute atomic E-state index is 0.0386. The van der Waals surface area contributed by atoms with Crippen molar-refractivity contribution in [2.45, 2.75) is 24.2 Å². The molecule has 1 heterocycles. The Kier molecular flexibility index (Phi) is 6.67. The number of amides is 1. The summed E-state index contributed by atoms with van der Waals surface area (Å²) < 4.78 is 27.8. The number of nitrogens with zero attached hydrogens (tertiary/aromatic N) is 1. The van der Waals surface area contributed by atoms with E-state index < -0.39 is 10.0 Å². The lowest BCUT2D eigenvalue weighted by Crippen LogP contribution is -2.41. The van der Waals surface area contributed by atoms with Crippen LogP contribution in [0.1, 0.15) is 29.6 Å². The van der Waals surface area contributed by atoms with Crippen LogP contribution in [-0.4, -0.2) is 44.6 Å². The second-order valence-electron chi connectivity index (χ2n) is 8.04. The first-order valence-corrected chi connectivity index (χ1v) is 12.3. The molecule has 0 aromatic heterocycles. The van der Waals surface area contributed by atoms with E-state index in [2.05, 4.69) is 4.72 Å². The Morgan fingerprint density at radius 3 is 2.25 bits per heavy atom. The Bertz CT molecular complexity index is 1220. The van der Waals surface area contributed by atoms with Crippen LogP contribution in [0.2, 0.25) is 0 Å². The highest BCUT2D eigenvalue weighted by Crippen LogP contribution is 2.22. The predicted molar refractivity (Wildman–Crippen MR) is 124 cm³/mol. The molecule has 0 atom stereocenters. The van der Waals surface area contributed by atoms with Gasteiger partial charge in [-0.05, 0) is 35.7 Å². The van der Waals surface area contributed by atoms with Crippen molar-refractivity contribution in [3.05, 3.63) is 78.4 Å². The molecule has 0 spiro atoms. The number of carbonyl (C=O) groups is 2. The summed E-state index contributed by atoms with van der Waals surface area (Å²) in [6, 6.07) is 21.8. The molecule has 1 aliphatic heterocycles. The molecule has 0 unspecified atom stereocenters. The third-order valence-electron chi connectivity index (χ3n) is 5.94. The van der Waals surface area contributed by atoms with E-state index >= 15 is 0 Å². The standard InChI is InChI=1S/C25H26N2O4S/c28-24(27-16-13-21(14-17-27)25(29)20-7-2-1-3-8-20)12-15-26-32(30,31)23-11-10-19-6-4-5-9-22(19)18-23/h1-11,18,21,26H,12-17H2. The molecule has 166 valence electrons. The smallest absolute Gasteiger partial charge is 0.240 e. The first-order chi connectivity index (χ1) is 15.4. The average molecular weight is 451 g/mol.